The summed E-state index contributed by atoms with van der Waals surface area (Å²) >= 11 is 0. The van der Waals surface area contributed by atoms with Gasteiger partial charge in [0.1, 0.15) is 17.2 Å². The maximum Gasteiger partial charge on any atom is 0.222 e. The first-order valence-electron chi connectivity index (χ1n) is 9.45. The van der Waals surface area contributed by atoms with Crippen molar-refractivity contribution in [2.75, 3.05) is 0 Å². The molecule has 1 N–H and O–H groups in total. The number of hydrogen-bond acceptors (Lipinski definition) is 5. The van der Waals surface area contributed by atoms with E-state index in [2.05, 4.69) is 26.9 Å². The SMILES string of the molecule is Cc1nnnn1CCC(=O)NC1CC2(CCCCC2)Oc2ccccc21. The summed E-state index contributed by atoms with van der Waals surface area (Å²) in [5.74, 6) is 1.66. The summed E-state index contributed by atoms with van der Waals surface area (Å²) in [5.41, 5.74) is 0.951. The smallest absolute Gasteiger partial charge is 0.222 e. The van der Waals surface area contributed by atoms with Crippen LogP contribution < -0.4 is 10.1 Å². The van der Waals surface area contributed by atoms with Gasteiger partial charge in [-0.15, -0.1) is 5.10 Å². The molecule has 7 nitrogen and oxygen atoms in total. The molecule has 138 valence electrons. The van der Waals surface area contributed by atoms with Gasteiger partial charge in [0.2, 0.25) is 5.91 Å². The lowest BCUT2D eigenvalue weighted by Gasteiger charge is -2.44. The van der Waals surface area contributed by atoms with Gasteiger partial charge in [0.05, 0.1) is 12.6 Å². The lowest BCUT2D eigenvalue weighted by Crippen LogP contribution is -2.46. The second-order valence-electron chi connectivity index (χ2n) is 7.41. The molecule has 1 spiro atoms. The van der Waals surface area contributed by atoms with Gasteiger partial charge in [0.25, 0.3) is 0 Å². The van der Waals surface area contributed by atoms with Crippen LogP contribution >= 0.6 is 0 Å². The summed E-state index contributed by atoms with van der Waals surface area (Å²) in [6.45, 7) is 2.32. The fraction of sp³-hybridized carbons (Fsp3) is 0.579. The van der Waals surface area contributed by atoms with Crippen LogP contribution in [0, 0.1) is 6.92 Å². The van der Waals surface area contributed by atoms with E-state index in [1.54, 1.807) is 4.68 Å². The van der Waals surface area contributed by atoms with E-state index in [4.69, 9.17) is 4.74 Å². The Morgan fingerprint density at radius 1 is 1.31 bits per heavy atom. The number of nitrogens with zero attached hydrogens (tertiary/aromatic N) is 4. The molecule has 1 amide bonds. The van der Waals surface area contributed by atoms with Gasteiger partial charge in [0, 0.05) is 18.4 Å². The Labute approximate surface area is 153 Å². The van der Waals surface area contributed by atoms with Crippen molar-refractivity contribution in [3.63, 3.8) is 0 Å². The van der Waals surface area contributed by atoms with E-state index in [0.29, 0.717) is 13.0 Å². The van der Waals surface area contributed by atoms with E-state index < -0.39 is 0 Å². The van der Waals surface area contributed by atoms with E-state index in [-0.39, 0.29) is 17.6 Å². The molecule has 1 aromatic heterocycles. The lowest BCUT2D eigenvalue weighted by atomic mass is 9.77. The zero-order valence-electron chi connectivity index (χ0n) is 15.1. The van der Waals surface area contributed by atoms with Gasteiger partial charge >= 0.3 is 0 Å². The first-order chi connectivity index (χ1) is 12.7. The standard InChI is InChI=1S/C19H25N5O2/c1-14-21-22-23-24(14)12-9-18(25)20-16-13-19(10-5-2-6-11-19)26-17-8-4-3-7-15(16)17/h3-4,7-8,16H,2,5-6,9-13H2,1H3,(H,20,25). The van der Waals surface area contributed by atoms with Gasteiger partial charge < -0.3 is 10.1 Å². The zero-order valence-corrected chi connectivity index (χ0v) is 15.1. The Kier molecular flexibility index (Phi) is 4.61. The Hall–Kier alpha value is -2.44. The molecule has 1 aliphatic carbocycles. The minimum absolute atomic E-state index is 0.000480. The first-order valence-corrected chi connectivity index (χ1v) is 9.45. The molecular formula is C19H25N5O2. The summed E-state index contributed by atoms with van der Waals surface area (Å²) in [6.07, 6.45) is 7.00. The largest absolute Gasteiger partial charge is 0.487 e. The number of aromatic nitrogens is 4. The number of aryl methyl sites for hydroxylation is 2. The number of para-hydroxylation sites is 1. The molecule has 1 saturated carbocycles. The Morgan fingerprint density at radius 3 is 2.88 bits per heavy atom. The number of rotatable bonds is 4. The highest BCUT2D eigenvalue weighted by Gasteiger charge is 2.42. The van der Waals surface area contributed by atoms with Crippen LogP contribution in [0.2, 0.25) is 0 Å². The molecule has 2 aliphatic rings. The number of fused-ring (bicyclic) bond motifs is 1. The monoisotopic (exact) mass is 355 g/mol. The topological polar surface area (TPSA) is 81.9 Å². The Bertz CT molecular complexity index is 782. The van der Waals surface area contributed by atoms with Gasteiger partial charge in [-0.25, -0.2) is 4.68 Å². The number of hydrogen-bond donors (Lipinski definition) is 1. The normalized spacial score (nSPS) is 21.0. The van der Waals surface area contributed by atoms with Crippen LogP contribution in [0.4, 0.5) is 0 Å². The van der Waals surface area contributed by atoms with Crippen LogP contribution in [0.1, 0.15) is 62.4 Å². The number of benzene rings is 1. The van der Waals surface area contributed by atoms with Crippen molar-refractivity contribution in [1.29, 1.82) is 0 Å². The molecule has 2 aromatic rings. The number of carbonyl (C=O) groups excluding carboxylic acids is 1. The van der Waals surface area contributed by atoms with Crippen LogP contribution in [-0.2, 0) is 11.3 Å². The summed E-state index contributed by atoms with van der Waals surface area (Å²) in [6, 6.07) is 8.08. The van der Waals surface area contributed by atoms with Gasteiger partial charge in [-0.1, -0.05) is 24.6 Å². The minimum atomic E-state index is -0.128. The molecule has 2 heterocycles. The fourth-order valence-corrected chi connectivity index (χ4v) is 4.18. The maximum atomic E-state index is 12.6. The van der Waals surface area contributed by atoms with Crippen LogP contribution in [0.25, 0.3) is 0 Å². The van der Waals surface area contributed by atoms with Gasteiger partial charge in [-0.3, -0.25) is 4.79 Å². The maximum absolute atomic E-state index is 12.6. The average Bonchev–Trinajstić information content (AvgIpc) is 3.05. The second kappa shape index (κ2) is 7.05. The third-order valence-electron chi connectivity index (χ3n) is 5.56. The predicted octanol–water partition coefficient (Wildman–Crippen LogP) is 2.71. The lowest BCUT2D eigenvalue weighted by molar-refractivity contribution is -0.122. The molecule has 1 fully saturated rings. The number of amides is 1. The van der Waals surface area contributed by atoms with E-state index in [0.717, 1.165) is 36.4 Å². The Morgan fingerprint density at radius 2 is 2.12 bits per heavy atom. The number of tetrazole rings is 1. The van der Waals surface area contributed by atoms with Gasteiger partial charge in [-0.05, 0) is 49.1 Å². The van der Waals surface area contributed by atoms with Crippen molar-refractivity contribution in [3.8, 4) is 5.75 Å². The van der Waals surface area contributed by atoms with Gasteiger partial charge in [0.15, 0.2) is 0 Å². The van der Waals surface area contributed by atoms with Crippen LogP contribution in [-0.4, -0.2) is 31.7 Å². The molecule has 0 bridgehead atoms. The number of nitrogens with one attached hydrogen (secondary N) is 1. The molecule has 0 saturated heterocycles. The van der Waals surface area contributed by atoms with Crippen molar-refractivity contribution in [2.45, 2.75) is 70.1 Å². The summed E-state index contributed by atoms with van der Waals surface area (Å²) < 4.78 is 8.08. The number of ether oxygens (including phenoxy) is 1. The third kappa shape index (κ3) is 3.43. The van der Waals surface area contributed by atoms with E-state index >= 15 is 0 Å². The van der Waals surface area contributed by atoms with Crippen LogP contribution in [0.15, 0.2) is 24.3 Å². The van der Waals surface area contributed by atoms with Crippen molar-refractivity contribution in [3.05, 3.63) is 35.7 Å². The van der Waals surface area contributed by atoms with Crippen LogP contribution in [0.3, 0.4) is 0 Å². The summed E-state index contributed by atoms with van der Waals surface area (Å²) in [4.78, 5) is 12.6. The summed E-state index contributed by atoms with van der Waals surface area (Å²) in [7, 11) is 0. The number of carbonyl (C=O) groups is 1. The van der Waals surface area contributed by atoms with Crippen molar-refractivity contribution >= 4 is 5.91 Å². The average molecular weight is 355 g/mol. The second-order valence-corrected chi connectivity index (χ2v) is 7.41. The molecule has 1 aliphatic heterocycles. The van der Waals surface area contributed by atoms with E-state index in [1.807, 2.05) is 25.1 Å². The molecular weight excluding hydrogens is 330 g/mol. The molecule has 0 radical (unpaired) electrons. The summed E-state index contributed by atoms with van der Waals surface area (Å²) in [5, 5.41) is 14.6. The molecule has 1 atom stereocenters. The van der Waals surface area contributed by atoms with E-state index in [9.17, 15) is 4.79 Å². The quantitative estimate of drug-likeness (QED) is 0.912. The van der Waals surface area contributed by atoms with E-state index in [1.165, 1.54) is 19.3 Å². The first kappa shape index (κ1) is 17.0. The van der Waals surface area contributed by atoms with Crippen molar-refractivity contribution in [2.24, 2.45) is 0 Å². The predicted molar refractivity (Wildman–Crippen MR) is 95.6 cm³/mol. The van der Waals surface area contributed by atoms with Crippen molar-refractivity contribution < 1.29 is 9.53 Å². The minimum Gasteiger partial charge on any atom is -0.487 e. The highest BCUT2D eigenvalue weighted by atomic mass is 16.5. The molecule has 1 unspecified atom stereocenters. The third-order valence-corrected chi connectivity index (χ3v) is 5.56. The molecule has 26 heavy (non-hydrogen) atoms. The molecule has 1 aromatic carbocycles. The van der Waals surface area contributed by atoms with Gasteiger partial charge in [-0.2, -0.15) is 0 Å². The highest BCUT2D eigenvalue weighted by Crippen LogP contribution is 2.45. The fourth-order valence-electron chi connectivity index (χ4n) is 4.18. The molecule has 7 heteroatoms. The Balaban J connectivity index is 1.47. The van der Waals surface area contributed by atoms with Crippen LogP contribution in [0.5, 0.6) is 5.75 Å². The molecule has 4 rings (SSSR count). The van der Waals surface area contributed by atoms with Crippen molar-refractivity contribution in [1.82, 2.24) is 25.5 Å². The highest BCUT2D eigenvalue weighted by molar-refractivity contribution is 5.76. The zero-order chi connectivity index (χ0) is 18.0.